The molecule has 3 aromatic rings. The van der Waals surface area contributed by atoms with Crippen molar-refractivity contribution in [2.75, 3.05) is 5.32 Å². The molecule has 0 bridgehead atoms. The normalized spacial score (nSPS) is 13.7. The highest BCUT2D eigenvalue weighted by molar-refractivity contribution is 7.89. The maximum atomic E-state index is 12.9. The quantitative estimate of drug-likeness (QED) is 0.625. The second-order valence-corrected chi connectivity index (χ2v) is 8.21. The molecule has 0 saturated carbocycles. The lowest BCUT2D eigenvalue weighted by molar-refractivity contribution is -0.112. The van der Waals surface area contributed by atoms with Gasteiger partial charge in [-0.2, -0.15) is 4.31 Å². The summed E-state index contributed by atoms with van der Waals surface area (Å²) >= 11 is 0. The van der Waals surface area contributed by atoms with E-state index in [1.54, 1.807) is 18.2 Å². The first-order chi connectivity index (χ1) is 14.0. The molecule has 4 rings (SSSR count). The first kappa shape index (κ1) is 18.9. The molecule has 1 aliphatic rings. The molecule has 2 aromatic heterocycles. The van der Waals surface area contributed by atoms with Crippen LogP contribution in [-0.2, 0) is 27.9 Å². The molecular weight excluding hydrogens is 394 g/mol. The topological polar surface area (TPSA) is 102 Å². The van der Waals surface area contributed by atoms with Crippen molar-refractivity contribution in [3.63, 3.8) is 0 Å². The zero-order valence-electron chi connectivity index (χ0n) is 15.2. The summed E-state index contributed by atoms with van der Waals surface area (Å²) in [4.78, 5) is 15.5. The lowest BCUT2D eigenvalue weighted by Gasteiger charge is -2.15. The molecule has 0 fully saturated rings. The number of aromatic nitrogens is 1. The van der Waals surface area contributed by atoms with Crippen molar-refractivity contribution < 1.29 is 22.4 Å². The van der Waals surface area contributed by atoms with Crippen LogP contribution in [-0.4, -0.2) is 23.6 Å². The van der Waals surface area contributed by atoms with Gasteiger partial charge in [-0.25, -0.2) is 13.4 Å². The van der Waals surface area contributed by atoms with E-state index in [0.717, 1.165) is 6.08 Å². The molecule has 1 N–H and O–H groups in total. The Bertz CT molecular complexity index is 1130. The van der Waals surface area contributed by atoms with Crippen molar-refractivity contribution >= 4 is 21.8 Å². The Balaban J connectivity index is 1.46. The highest BCUT2D eigenvalue weighted by Gasteiger charge is 2.33. The van der Waals surface area contributed by atoms with Gasteiger partial charge in [0.15, 0.2) is 5.88 Å². The first-order valence-corrected chi connectivity index (χ1v) is 10.1. The van der Waals surface area contributed by atoms with Crippen molar-refractivity contribution in [1.82, 2.24) is 9.29 Å². The molecule has 148 valence electrons. The van der Waals surface area contributed by atoms with Crippen LogP contribution in [0.5, 0.6) is 11.6 Å². The van der Waals surface area contributed by atoms with Crippen LogP contribution >= 0.6 is 0 Å². The van der Waals surface area contributed by atoms with E-state index >= 15 is 0 Å². The number of anilines is 1. The zero-order valence-corrected chi connectivity index (χ0v) is 16.1. The molecule has 0 spiro atoms. The monoisotopic (exact) mass is 411 g/mol. The Hall–Kier alpha value is -3.43. The standard InChI is InChI=1S/C20H17N3O5S/c1-2-18(24)22-20-10-14-12-23(13-17(14)28-20)29(25,26)16-8-9-19(21-11-16)27-15-6-4-3-5-7-15/h2-11H,1,12-13H2,(H,22,24). The van der Waals surface area contributed by atoms with Crippen LogP contribution in [0.1, 0.15) is 11.3 Å². The molecule has 0 saturated heterocycles. The van der Waals surface area contributed by atoms with Crippen molar-refractivity contribution in [2.24, 2.45) is 0 Å². The van der Waals surface area contributed by atoms with E-state index in [4.69, 9.17) is 9.15 Å². The van der Waals surface area contributed by atoms with Crippen molar-refractivity contribution in [3.8, 4) is 11.6 Å². The number of benzene rings is 1. The minimum atomic E-state index is -3.75. The molecule has 0 aliphatic carbocycles. The van der Waals surface area contributed by atoms with E-state index in [1.807, 2.05) is 18.2 Å². The van der Waals surface area contributed by atoms with Gasteiger partial charge in [0.25, 0.3) is 0 Å². The Morgan fingerprint density at radius 1 is 1.21 bits per heavy atom. The summed E-state index contributed by atoms with van der Waals surface area (Å²) in [6, 6.07) is 13.7. The summed E-state index contributed by atoms with van der Waals surface area (Å²) in [6.45, 7) is 3.59. The van der Waals surface area contributed by atoms with E-state index in [0.29, 0.717) is 23.0 Å². The van der Waals surface area contributed by atoms with Gasteiger partial charge in [-0.05, 0) is 24.3 Å². The van der Waals surface area contributed by atoms with Gasteiger partial charge in [0.2, 0.25) is 21.8 Å². The summed E-state index contributed by atoms with van der Waals surface area (Å²) < 4.78 is 38.2. The van der Waals surface area contributed by atoms with E-state index < -0.39 is 15.9 Å². The van der Waals surface area contributed by atoms with Gasteiger partial charge in [-0.1, -0.05) is 24.8 Å². The number of nitrogens with one attached hydrogen (secondary N) is 1. The van der Waals surface area contributed by atoms with E-state index in [-0.39, 0.29) is 23.9 Å². The van der Waals surface area contributed by atoms with Gasteiger partial charge in [0.1, 0.15) is 16.4 Å². The molecule has 29 heavy (non-hydrogen) atoms. The van der Waals surface area contributed by atoms with Crippen LogP contribution in [0, 0.1) is 0 Å². The highest BCUT2D eigenvalue weighted by Crippen LogP contribution is 2.33. The third kappa shape index (κ3) is 3.91. The molecule has 1 aromatic carbocycles. The van der Waals surface area contributed by atoms with Crippen molar-refractivity contribution in [2.45, 2.75) is 18.0 Å². The zero-order chi connectivity index (χ0) is 20.4. The fraction of sp³-hybridized carbons (Fsp3) is 0.100. The van der Waals surface area contributed by atoms with Crippen LogP contribution in [0.15, 0.2) is 76.7 Å². The minimum absolute atomic E-state index is 0.0586. The second kappa shape index (κ2) is 7.53. The molecule has 0 unspecified atom stereocenters. The van der Waals surface area contributed by atoms with Crippen LogP contribution in [0.4, 0.5) is 5.88 Å². The van der Waals surface area contributed by atoms with Gasteiger partial charge in [-0.3, -0.25) is 10.1 Å². The summed E-state index contributed by atoms with van der Waals surface area (Å²) in [5.74, 6) is 1.27. The Morgan fingerprint density at radius 2 is 2.00 bits per heavy atom. The summed E-state index contributed by atoms with van der Waals surface area (Å²) in [7, 11) is -3.75. The molecule has 8 nitrogen and oxygen atoms in total. The number of carbonyl (C=O) groups is 1. The number of rotatable bonds is 6. The first-order valence-electron chi connectivity index (χ1n) is 8.70. The van der Waals surface area contributed by atoms with Gasteiger partial charge >= 0.3 is 0 Å². The average Bonchev–Trinajstić information content (AvgIpc) is 3.28. The number of furan rings is 1. The largest absolute Gasteiger partial charge is 0.444 e. The number of para-hydroxylation sites is 1. The van der Waals surface area contributed by atoms with E-state index in [1.165, 1.54) is 22.6 Å². The molecule has 1 amide bonds. The molecular formula is C20H17N3O5S. The number of nitrogens with zero attached hydrogens (tertiary/aromatic N) is 2. The smallest absolute Gasteiger partial charge is 0.250 e. The average molecular weight is 411 g/mol. The SMILES string of the molecule is C=CC(=O)Nc1cc2c(o1)CN(S(=O)(=O)c1ccc(Oc3ccccc3)nc1)C2. The van der Waals surface area contributed by atoms with Gasteiger partial charge < -0.3 is 9.15 Å². The molecule has 9 heteroatoms. The maximum absolute atomic E-state index is 12.9. The third-order valence-electron chi connectivity index (χ3n) is 4.31. The number of sulfonamides is 1. The number of ether oxygens (including phenoxy) is 1. The third-order valence-corrected chi connectivity index (χ3v) is 6.08. The number of hydrogen-bond donors (Lipinski definition) is 1. The summed E-state index contributed by atoms with van der Waals surface area (Å²) in [6.07, 6.45) is 2.39. The van der Waals surface area contributed by atoms with Crippen LogP contribution in [0.3, 0.4) is 0 Å². The Morgan fingerprint density at radius 3 is 2.66 bits per heavy atom. The maximum Gasteiger partial charge on any atom is 0.250 e. The van der Waals surface area contributed by atoms with Gasteiger partial charge in [-0.15, -0.1) is 0 Å². The van der Waals surface area contributed by atoms with Gasteiger partial charge in [0.05, 0.1) is 12.7 Å². The number of amides is 1. The molecule has 0 atom stereocenters. The lowest BCUT2D eigenvalue weighted by Crippen LogP contribution is -2.26. The summed E-state index contributed by atoms with van der Waals surface area (Å²) in [5.41, 5.74) is 0.699. The predicted octanol–water partition coefficient (Wildman–Crippen LogP) is 3.30. The van der Waals surface area contributed by atoms with E-state index in [2.05, 4.69) is 16.9 Å². The highest BCUT2D eigenvalue weighted by atomic mass is 32.2. The molecule has 3 heterocycles. The second-order valence-electron chi connectivity index (χ2n) is 6.27. The van der Waals surface area contributed by atoms with Crippen LogP contribution < -0.4 is 10.1 Å². The number of carbonyl (C=O) groups excluding carboxylic acids is 1. The predicted molar refractivity (Wildman–Crippen MR) is 105 cm³/mol. The molecule has 1 aliphatic heterocycles. The lowest BCUT2D eigenvalue weighted by atomic mass is 10.3. The fourth-order valence-corrected chi connectivity index (χ4v) is 4.20. The fourth-order valence-electron chi connectivity index (χ4n) is 2.88. The molecule has 0 radical (unpaired) electrons. The van der Waals surface area contributed by atoms with Crippen LogP contribution in [0.2, 0.25) is 0 Å². The minimum Gasteiger partial charge on any atom is -0.444 e. The Kier molecular flexibility index (Phi) is 4.91. The summed E-state index contributed by atoms with van der Waals surface area (Å²) in [5, 5.41) is 2.52. The van der Waals surface area contributed by atoms with Gasteiger partial charge in [0, 0.05) is 24.2 Å². The van der Waals surface area contributed by atoms with Crippen molar-refractivity contribution in [1.29, 1.82) is 0 Å². The van der Waals surface area contributed by atoms with Crippen molar-refractivity contribution in [3.05, 3.63) is 78.7 Å². The van der Waals surface area contributed by atoms with E-state index in [9.17, 15) is 13.2 Å². The van der Waals surface area contributed by atoms with Crippen LogP contribution in [0.25, 0.3) is 0 Å². The number of pyridine rings is 1. The number of hydrogen-bond acceptors (Lipinski definition) is 6. The Labute approximate surface area is 167 Å². The number of fused-ring (bicyclic) bond motifs is 1.